The number of aromatic nitrogens is 3. The first-order valence-electron chi connectivity index (χ1n) is 12.4. The van der Waals surface area contributed by atoms with Gasteiger partial charge in [-0.2, -0.15) is 0 Å². The molecule has 1 aliphatic rings. The SMILES string of the molecule is COc1cccc(OC)c1-n1c(-c2ccc(C)o2)nnc1N(CC[Si](C)(C)C)S(=O)(=O)[C@H](C)C1(O)COC1. The Morgan fingerprint density at radius 3 is 2.24 bits per heavy atom. The van der Waals surface area contributed by atoms with Gasteiger partial charge in [-0.15, -0.1) is 10.2 Å². The van der Waals surface area contributed by atoms with Crippen molar-refractivity contribution >= 4 is 24.0 Å². The standard InChI is InChI=1S/C25H36N4O7SSi/c1-17-11-12-21(36-17)23-26-27-24(29(23)22-19(33-3)9-8-10-20(22)34-4)28(13-14-38(5,6)7)37(31,32)18(2)25(30)15-35-16-25/h8-12,18,30H,13-16H2,1-7H3/t18-/m1/s1. The van der Waals surface area contributed by atoms with Crippen LogP contribution in [0.25, 0.3) is 17.3 Å². The third kappa shape index (κ3) is 5.20. The largest absolute Gasteiger partial charge is 0.494 e. The number of hydrogen-bond acceptors (Lipinski definition) is 9. The summed E-state index contributed by atoms with van der Waals surface area (Å²) in [7, 11) is -2.81. The molecule has 0 saturated carbocycles. The summed E-state index contributed by atoms with van der Waals surface area (Å²) < 4.78 is 53.6. The molecule has 3 aromatic rings. The lowest BCUT2D eigenvalue weighted by Gasteiger charge is -2.42. The van der Waals surface area contributed by atoms with Gasteiger partial charge >= 0.3 is 0 Å². The van der Waals surface area contributed by atoms with Crippen molar-refractivity contribution in [2.24, 2.45) is 0 Å². The number of aliphatic hydroxyl groups is 1. The fourth-order valence-corrected chi connectivity index (χ4v) is 7.02. The van der Waals surface area contributed by atoms with Crippen LogP contribution in [0.5, 0.6) is 11.5 Å². The smallest absolute Gasteiger partial charge is 0.246 e. The molecule has 13 heteroatoms. The Morgan fingerprint density at radius 1 is 1.13 bits per heavy atom. The zero-order valence-corrected chi connectivity index (χ0v) is 24.7. The maximum atomic E-state index is 14.2. The first kappa shape index (κ1) is 28.1. The normalized spacial score (nSPS) is 16.1. The van der Waals surface area contributed by atoms with E-state index >= 15 is 0 Å². The number of sulfonamides is 1. The van der Waals surface area contributed by atoms with Crippen LogP contribution in [0.15, 0.2) is 34.7 Å². The number of aryl methyl sites for hydroxylation is 1. The van der Waals surface area contributed by atoms with E-state index in [4.69, 9.17) is 18.6 Å². The van der Waals surface area contributed by atoms with E-state index in [1.54, 1.807) is 34.9 Å². The topological polar surface area (TPSA) is 129 Å². The molecule has 4 rings (SSSR count). The van der Waals surface area contributed by atoms with Gasteiger partial charge in [-0.05, 0) is 44.2 Å². The molecule has 1 aliphatic heterocycles. The van der Waals surface area contributed by atoms with Gasteiger partial charge in [0.25, 0.3) is 0 Å². The monoisotopic (exact) mass is 564 g/mol. The summed E-state index contributed by atoms with van der Waals surface area (Å²) in [5.41, 5.74) is -1.07. The summed E-state index contributed by atoms with van der Waals surface area (Å²) in [5.74, 6) is 2.24. The maximum Gasteiger partial charge on any atom is 0.246 e. The molecule has 0 bridgehead atoms. The van der Waals surface area contributed by atoms with E-state index in [0.29, 0.717) is 34.8 Å². The van der Waals surface area contributed by atoms with Crippen LogP contribution in [0.1, 0.15) is 12.7 Å². The molecular formula is C25H36N4O7SSi. The number of benzene rings is 1. The van der Waals surface area contributed by atoms with E-state index in [1.807, 2.05) is 6.92 Å². The average molecular weight is 565 g/mol. The average Bonchev–Trinajstić information content (AvgIpc) is 3.46. The molecule has 208 valence electrons. The van der Waals surface area contributed by atoms with Crippen molar-refractivity contribution in [2.75, 3.05) is 38.3 Å². The Hall–Kier alpha value is -2.87. The predicted octanol–water partition coefficient (Wildman–Crippen LogP) is 3.48. The number of para-hydroxylation sites is 1. The molecular weight excluding hydrogens is 528 g/mol. The van der Waals surface area contributed by atoms with E-state index in [-0.39, 0.29) is 31.5 Å². The predicted molar refractivity (Wildman–Crippen MR) is 147 cm³/mol. The van der Waals surface area contributed by atoms with Crippen LogP contribution in [0.3, 0.4) is 0 Å². The van der Waals surface area contributed by atoms with Gasteiger partial charge in [0.1, 0.15) is 33.8 Å². The van der Waals surface area contributed by atoms with Gasteiger partial charge in [-0.1, -0.05) is 25.7 Å². The zero-order valence-electron chi connectivity index (χ0n) is 22.9. The summed E-state index contributed by atoms with van der Waals surface area (Å²) in [5, 5.41) is 18.6. The van der Waals surface area contributed by atoms with Crippen LogP contribution in [-0.4, -0.2) is 81.2 Å². The molecule has 0 unspecified atom stereocenters. The van der Waals surface area contributed by atoms with Gasteiger partial charge < -0.3 is 23.7 Å². The van der Waals surface area contributed by atoms with E-state index in [0.717, 1.165) is 0 Å². The molecule has 0 amide bonds. The molecule has 0 spiro atoms. The molecule has 1 fully saturated rings. The van der Waals surface area contributed by atoms with Crippen molar-refractivity contribution in [3.8, 4) is 28.8 Å². The Labute approximate surface area is 224 Å². The number of nitrogens with zero attached hydrogens (tertiary/aromatic N) is 4. The minimum absolute atomic E-state index is 0.0470. The van der Waals surface area contributed by atoms with E-state index in [2.05, 4.69) is 29.8 Å². The van der Waals surface area contributed by atoms with Crippen LogP contribution >= 0.6 is 0 Å². The van der Waals surface area contributed by atoms with Crippen molar-refractivity contribution in [1.29, 1.82) is 0 Å². The van der Waals surface area contributed by atoms with E-state index in [1.165, 1.54) is 25.4 Å². The van der Waals surface area contributed by atoms with Crippen LogP contribution < -0.4 is 13.8 Å². The highest BCUT2D eigenvalue weighted by atomic mass is 32.2. The van der Waals surface area contributed by atoms with Gasteiger partial charge in [0, 0.05) is 14.6 Å². The second kappa shape index (κ2) is 10.4. The number of hydrogen-bond donors (Lipinski definition) is 1. The highest BCUT2D eigenvalue weighted by molar-refractivity contribution is 7.93. The molecule has 0 radical (unpaired) electrons. The molecule has 1 saturated heterocycles. The summed E-state index contributed by atoms with van der Waals surface area (Å²) in [4.78, 5) is 0. The van der Waals surface area contributed by atoms with E-state index in [9.17, 15) is 13.5 Å². The molecule has 1 atom stereocenters. The number of methoxy groups -OCH3 is 2. The second-order valence-electron chi connectivity index (χ2n) is 10.7. The molecule has 2 aromatic heterocycles. The van der Waals surface area contributed by atoms with Crippen LogP contribution in [0, 0.1) is 6.92 Å². The maximum absolute atomic E-state index is 14.2. The highest BCUT2D eigenvalue weighted by Crippen LogP contribution is 2.40. The van der Waals surface area contributed by atoms with Crippen LogP contribution in [0.2, 0.25) is 25.7 Å². The highest BCUT2D eigenvalue weighted by Gasteiger charge is 2.51. The molecule has 38 heavy (non-hydrogen) atoms. The molecule has 11 nitrogen and oxygen atoms in total. The number of ether oxygens (including phenoxy) is 3. The third-order valence-corrected chi connectivity index (χ3v) is 10.8. The Kier molecular flexibility index (Phi) is 7.67. The molecule has 0 aliphatic carbocycles. The van der Waals surface area contributed by atoms with Crippen molar-refractivity contribution in [2.45, 2.75) is 50.4 Å². The summed E-state index contributed by atoms with van der Waals surface area (Å²) in [6.07, 6.45) is 0. The van der Waals surface area contributed by atoms with Crippen molar-refractivity contribution in [1.82, 2.24) is 14.8 Å². The number of rotatable bonds is 11. The summed E-state index contributed by atoms with van der Waals surface area (Å²) in [6.45, 7) is 9.85. The summed E-state index contributed by atoms with van der Waals surface area (Å²) >= 11 is 0. The van der Waals surface area contributed by atoms with Crippen molar-refractivity contribution in [3.05, 3.63) is 36.1 Å². The minimum atomic E-state index is -4.14. The van der Waals surface area contributed by atoms with Gasteiger partial charge in [0.15, 0.2) is 5.76 Å². The fraction of sp³-hybridized carbons (Fsp3) is 0.520. The zero-order chi connectivity index (χ0) is 27.9. The quantitative estimate of drug-likeness (QED) is 0.348. The second-order valence-corrected chi connectivity index (χ2v) is 18.5. The Morgan fingerprint density at radius 2 is 1.76 bits per heavy atom. The van der Waals surface area contributed by atoms with Gasteiger partial charge in [0.05, 0.1) is 27.4 Å². The van der Waals surface area contributed by atoms with Crippen LogP contribution in [-0.2, 0) is 14.8 Å². The molecule has 1 aromatic carbocycles. The Balaban J connectivity index is 1.99. The van der Waals surface area contributed by atoms with Gasteiger partial charge in [0.2, 0.25) is 21.8 Å². The lowest BCUT2D eigenvalue weighted by Crippen LogP contribution is -2.62. The van der Waals surface area contributed by atoms with Crippen LogP contribution in [0.4, 0.5) is 5.95 Å². The van der Waals surface area contributed by atoms with Crippen molar-refractivity contribution in [3.63, 3.8) is 0 Å². The number of anilines is 1. The van der Waals surface area contributed by atoms with Gasteiger partial charge in [-0.25, -0.2) is 12.7 Å². The third-order valence-electron chi connectivity index (χ3n) is 6.73. The lowest BCUT2D eigenvalue weighted by atomic mass is 9.99. The first-order valence-corrected chi connectivity index (χ1v) is 17.6. The summed E-state index contributed by atoms with van der Waals surface area (Å²) in [6, 6.07) is 9.46. The number of furan rings is 1. The van der Waals surface area contributed by atoms with Gasteiger partial charge in [-0.3, -0.25) is 4.57 Å². The molecule has 3 heterocycles. The first-order chi connectivity index (χ1) is 17.8. The van der Waals surface area contributed by atoms with Crippen molar-refractivity contribution < 1.29 is 32.2 Å². The Bertz CT molecular complexity index is 1370. The molecule has 1 N–H and O–H groups in total. The fourth-order valence-electron chi connectivity index (χ4n) is 4.20. The lowest BCUT2D eigenvalue weighted by molar-refractivity contribution is -0.176. The minimum Gasteiger partial charge on any atom is -0.494 e. The van der Waals surface area contributed by atoms with E-state index < -0.39 is 28.9 Å².